The Morgan fingerprint density at radius 2 is 1.93 bits per heavy atom. The minimum absolute atomic E-state index is 0.249. The number of carboxylic acid groups (broad SMARTS) is 1. The molecule has 6 heteroatoms. The van der Waals surface area contributed by atoms with E-state index in [9.17, 15) is 13.2 Å². The number of carbonyl (C=O) groups is 1. The van der Waals surface area contributed by atoms with Crippen LogP contribution in [0.1, 0.15) is 26.7 Å². The van der Waals surface area contributed by atoms with Crippen LogP contribution in [0, 0.1) is 5.92 Å². The summed E-state index contributed by atoms with van der Waals surface area (Å²) in [7, 11) is -3.41. The molecule has 1 rings (SSSR count). The van der Waals surface area contributed by atoms with Crippen molar-refractivity contribution in [3.63, 3.8) is 0 Å². The number of carboxylic acids is 1. The first-order valence-corrected chi connectivity index (χ1v) is 6.13. The van der Waals surface area contributed by atoms with Crippen molar-refractivity contribution in [2.45, 2.75) is 38.0 Å². The van der Waals surface area contributed by atoms with Crippen LogP contribution in [0.2, 0.25) is 0 Å². The third kappa shape index (κ3) is 2.68. The van der Waals surface area contributed by atoms with Crippen molar-refractivity contribution in [1.82, 2.24) is 4.72 Å². The van der Waals surface area contributed by atoms with E-state index in [1.165, 1.54) is 0 Å². The molecule has 0 heterocycles. The molecule has 0 aliphatic heterocycles. The molecule has 0 aromatic carbocycles. The first-order chi connectivity index (χ1) is 6.34. The average Bonchev–Trinajstić information content (AvgIpc) is 2.80. The minimum atomic E-state index is -3.41. The van der Waals surface area contributed by atoms with Crippen LogP contribution < -0.4 is 4.72 Å². The van der Waals surface area contributed by atoms with E-state index in [2.05, 4.69) is 4.72 Å². The summed E-state index contributed by atoms with van der Waals surface area (Å²) < 4.78 is 25.1. The van der Waals surface area contributed by atoms with Crippen LogP contribution >= 0.6 is 0 Å². The molecule has 1 saturated carbocycles. The van der Waals surface area contributed by atoms with Crippen molar-refractivity contribution in [2.24, 2.45) is 5.92 Å². The molecule has 0 bridgehead atoms. The summed E-state index contributed by atoms with van der Waals surface area (Å²) in [5.74, 6) is -1.37. The van der Waals surface area contributed by atoms with Gasteiger partial charge in [-0.3, -0.25) is 4.79 Å². The Morgan fingerprint density at radius 3 is 2.21 bits per heavy atom. The van der Waals surface area contributed by atoms with Gasteiger partial charge in [-0.25, -0.2) is 13.1 Å². The van der Waals surface area contributed by atoms with Gasteiger partial charge in [-0.1, -0.05) is 13.8 Å². The number of hydrogen-bond acceptors (Lipinski definition) is 3. The van der Waals surface area contributed by atoms with Crippen molar-refractivity contribution >= 4 is 16.0 Å². The van der Waals surface area contributed by atoms with Gasteiger partial charge in [0.25, 0.3) is 0 Å². The molecule has 1 fully saturated rings. The maximum Gasteiger partial charge on any atom is 0.321 e. The zero-order valence-corrected chi connectivity index (χ0v) is 9.04. The number of rotatable bonds is 5. The summed E-state index contributed by atoms with van der Waals surface area (Å²) >= 11 is 0. The second-order valence-corrected chi connectivity index (χ2v) is 5.91. The Labute approximate surface area is 83.6 Å². The standard InChI is InChI=1S/C8H15NO4S/c1-5(2)7(8(10)11)9-14(12,13)6-3-4-6/h5-7,9H,3-4H2,1-2H3,(H,10,11). The Morgan fingerprint density at radius 1 is 1.43 bits per heavy atom. The molecule has 14 heavy (non-hydrogen) atoms. The van der Waals surface area contributed by atoms with Crippen LogP contribution in [0.5, 0.6) is 0 Å². The van der Waals surface area contributed by atoms with Crippen LogP contribution in [-0.4, -0.2) is 30.8 Å². The van der Waals surface area contributed by atoms with E-state index in [4.69, 9.17) is 5.11 Å². The van der Waals surface area contributed by atoms with E-state index in [-0.39, 0.29) is 11.2 Å². The number of hydrogen-bond donors (Lipinski definition) is 2. The van der Waals surface area contributed by atoms with Crippen LogP contribution in [0.3, 0.4) is 0 Å². The van der Waals surface area contributed by atoms with Crippen LogP contribution in [0.4, 0.5) is 0 Å². The number of nitrogens with one attached hydrogen (secondary N) is 1. The molecule has 1 unspecified atom stereocenters. The van der Waals surface area contributed by atoms with Crippen molar-refractivity contribution in [1.29, 1.82) is 0 Å². The summed E-state index contributed by atoms with van der Waals surface area (Å²) in [6.45, 7) is 3.35. The van der Waals surface area contributed by atoms with Gasteiger partial charge in [0, 0.05) is 0 Å². The van der Waals surface area contributed by atoms with Gasteiger partial charge in [-0.05, 0) is 18.8 Å². The molecule has 0 spiro atoms. The van der Waals surface area contributed by atoms with Gasteiger partial charge in [-0.15, -0.1) is 0 Å². The van der Waals surface area contributed by atoms with Crippen molar-refractivity contribution < 1.29 is 18.3 Å². The van der Waals surface area contributed by atoms with Gasteiger partial charge >= 0.3 is 5.97 Å². The van der Waals surface area contributed by atoms with Gasteiger partial charge in [0.1, 0.15) is 6.04 Å². The lowest BCUT2D eigenvalue weighted by Crippen LogP contribution is -2.45. The van der Waals surface area contributed by atoms with Gasteiger partial charge in [0.2, 0.25) is 10.0 Å². The lowest BCUT2D eigenvalue weighted by atomic mass is 10.1. The summed E-state index contributed by atoms with van der Waals surface area (Å²) in [6.07, 6.45) is 1.28. The fraction of sp³-hybridized carbons (Fsp3) is 0.875. The fourth-order valence-electron chi connectivity index (χ4n) is 1.12. The summed E-state index contributed by atoms with van der Waals surface area (Å²) in [6, 6.07) is -1.01. The maximum absolute atomic E-state index is 11.4. The molecule has 1 atom stereocenters. The average molecular weight is 221 g/mol. The topological polar surface area (TPSA) is 83.5 Å². The van der Waals surface area contributed by atoms with Crippen molar-refractivity contribution in [2.75, 3.05) is 0 Å². The van der Waals surface area contributed by atoms with E-state index in [1.54, 1.807) is 13.8 Å². The highest BCUT2D eigenvalue weighted by Crippen LogP contribution is 2.28. The second kappa shape index (κ2) is 3.86. The molecule has 0 saturated heterocycles. The number of sulfonamides is 1. The Bertz CT molecular complexity index is 318. The molecule has 0 amide bonds. The SMILES string of the molecule is CC(C)C(NS(=O)(=O)C1CC1)C(=O)O. The van der Waals surface area contributed by atoms with E-state index < -0.39 is 22.0 Å². The molecule has 82 valence electrons. The van der Waals surface area contributed by atoms with Gasteiger partial charge in [0.05, 0.1) is 5.25 Å². The van der Waals surface area contributed by atoms with E-state index in [1.807, 2.05) is 0 Å². The first kappa shape index (κ1) is 11.5. The molecule has 2 N–H and O–H groups in total. The molecule has 0 radical (unpaired) electrons. The summed E-state index contributed by atoms with van der Waals surface area (Å²) in [5, 5.41) is 8.41. The zero-order valence-electron chi connectivity index (χ0n) is 8.23. The smallest absolute Gasteiger partial charge is 0.321 e. The van der Waals surface area contributed by atoms with Gasteiger partial charge < -0.3 is 5.11 Å². The molecular formula is C8H15NO4S. The maximum atomic E-state index is 11.4. The minimum Gasteiger partial charge on any atom is -0.480 e. The van der Waals surface area contributed by atoms with Crippen molar-refractivity contribution in [3.8, 4) is 0 Å². The van der Waals surface area contributed by atoms with Gasteiger partial charge in [-0.2, -0.15) is 0 Å². The zero-order chi connectivity index (χ0) is 10.9. The fourth-order valence-corrected chi connectivity index (χ4v) is 2.80. The predicted molar refractivity (Wildman–Crippen MR) is 51.3 cm³/mol. The van der Waals surface area contributed by atoms with Crippen LogP contribution in [0.15, 0.2) is 0 Å². The monoisotopic (exact) mass is 221 g/mol. The Kier molecular flexibility index (Phi) is 3.16. The number of aliphatic carboxylic acids is 1. The summed E-state index contributed by atoms with van der Waals surface area (Å²) in [5.41, 5.74) is 0. The molecule has 1 aliphatic rings. The van der Waals surface area contributed by atoms with E-state index >= 15 is 0 Å². The molecule has 0 aromatic rings. The van der Waals surface area contributed by atoms with E-state index in [0.29, 0.717) is 12.8 Å². The van der Waals surface area contributed by atoms with Gasteiger partial charge in [0.15, 0.2) is 0 Å². The predicted octanol–water partition coefficient (Wildman–Crippen LogP) is 0.177. The van der Waals surface area contributed by atoms with Crippen LogP contribution in [-0.2, 0) is 14.8 Å². The van der Waals surface area contributed by atoms with Crippen LogP contribution in [0.25, 0.3) is 0 Å². The highest BCUT2D eigenvalue weighted by Gasteiger charge is 2.38. The largest absolute Gasteiger partial charge is 0.480 e. The lowest BCUT2D eigenvalue weighted by Gasteiger charge is -2.17. The summed E-state index contributed by atoms with van der Waals surface area (Å²) in [4.78, 5) is 10.7. The molecular weight excluding hydrogens is 206 g/mol. The Hall–Kier alpha value is -0.620. The Balaban J connectivity index is 2.68. The normalized spacial score (nSPS) is 19.6. The van der Waals surface area contributed by atoms with Crippen molar-refractivity contribution in [3.05, 3.63) is 0 Å². The highest BCUT2D eigenvalue weighted by atomic mass is 32.2. The first-order valence-electron chi connectivity index (χ1n) is 4.58. The third-order valence-electron chi connectivity index (χ3n) is 2.19. The highest BCUT2D eigenvalue weighted by molar-refractivity contribution is 7.90. The molecule has 5 nitrogen and oxygen atoms in total. The van der Waals surface area contributed by atoms with E-state index in [0.717, 1.165) is 0 Å². The molecule has 1 aliphatic carbocycles. The second-order valence-electron chi connectivity index (χ2n) is 3.92. The third-order valence-corrected chi connectivity index (χ3v) is 4.12. The lowest BCUT2D eigenvalue weighted by molar-refractivity contribution is -0.140. The quantitative estimate of drug-likeness (QED) is 0.693. The molecule has 0 aromatic heterocycles.